The molecular weight excluding hydrogens is 451 g/mol. The summed E-state index contributed by atoms with van der Waals surface area (Å²) in [6.45, 7) is 1.28. The van der Waals surface area contributed by atoms with Gasteiger partial charge >= 0.3 is 0 Å². The van der Waals surface area contributed by atoms with Crippen LogP contribution in [0.2, 0.25) is 0 Å². The zero-order valence-electron chi connectivity index (χ0n) is 16.7. The first-order valence-corrected chi connectivity index (χ1v) is 10.3. The minimum atomic E-state index is -0.786. The molecule has 0 aliphatic heterocycles. The molecule has 3 aromatic carbocycles. The molecule has 0 unspecified atom stereocenters. The molecule has 0 bridgehead atoms. The number of hydrogen-bond acceptors (Lipinski definition) is 3. The van der Waals surface area contributed by atoms with Gasteiger partial charge in [0.2, 0.25) is 5.91 Å². The van der Waals surface area contributed by atoms with Crippen molar-refractivity contribution >= 4 is 38.5 Å². The molecule has 30 heavy (non-hydrogen) atoms. The summed E-state index contributed by atoms with van der Waals surface area (Å²) in [6, 6.07) is 16.9. The van der Waals surface area contributed by atoms with Crippen LogP contribution in [0.5, 0.6) is 5.75 Å². The maximum atomic E-state index is 14.1. The Morgan fingerprint density at radius 2 is 1.80 bits per heavy atom. The molecule has 0 aliphatic carbocycles. The van der Waals surface area contributed by atoms with Crippen molar-refractivity contribution in [2.75, 3.05) is 13.7 Å². The van der Waals surface area contributed by atoms with Crippen molar-refractivity contribution in [3.63, 3.8) is 0 Å². The second-order valence-corrected chi connectivity index (χ2v) is 7.58. The van der Waals surface area contributed by atoms with E-state index in [0.29, 0.717) is 11.3 Å². The van der Waals surface area contributed by atoms with E-state index < -0.39 is 17.8 Å². The quantitative estimate of drug-likeness (QED) is 0.558. The summed E-state index contributed by atoms with van der Waals surface area (Å²) in [5.41, 5.74) is 0.327. The van der Waals surface area contributed by atoms with Crippen LogP contribution in [0.25, 0.3) is 10.8 Å². The molecule has 0 spiro atoms. The smallest absolute Gasteiger partial charge is 0.261 e. The van der Waals surface area contributed by atoms with Crippen LogP contribution in [-0.2, 0) is 16.1 Å². The summed E-state index contributed by atoms with van der Waals surface area (Å²) in [7, 11) is 1.49. The second-order valence-electron chi connectivity index (χ2n) is 6.79. The van der Waals surface area contributed by atoms with Crippen molar-refractivity contribution in [3.05, 3.63) is 76.5 Å². The van der Waals surface area contributed by atoms with Crippen LogP contribution in [0, 0.1) is 5.82 Å². The zero-order valence-corrected chi connectivity index (χ0v) is 18.3. The average molecular weight is 473 g/mol. The fraction of sp³-hybridized carbons (Fsp3) is 0.217. The number of nitrogens with zero attached hydrogens (tertiary/aromatic N) is 1. The number of nitrogens with one attached hydrogen (secondary N) is 1. The molecule has 5 nitrogen and oxygen atoms in total. The molecule has 0 fully saturated rings. The molecule has 1 N–H and O–H groups in total. The first-order chi connectivity index (χ1) is 14.4. The molecule has 0 saturated carbocycles. The lowest BCUT2D eigenvalue weighted by Gasteiger charge is -2.28. The van der Waals surface area contributed by atoms with E-state index in [0.717, 1.165) is 15.2 Å². The van der Waals surface area contributed by atoms with Gasteiger partial charge in [0, 0.05) is 19.2 Å². The van der Waals surface area contributed by atoms with Gasteiger partial charge in [0.05, 0.1) is 4.47 Å². The maximum Gasteiger partial charge on any atom is 0.261 e. The highest BCUT2D eigenvalue weighted by Gasteiger charge is 2.26. The van der Waals surface area contributed by atoms with Gasteiger partial charge in [0.25, 0.3) is 5.91 Å². The number of likely N-dealkylation sites (N-methyl/N-ethyl adjacent to an activating group) is 1. The Hall–Kier alpha value is -2.93. The lowest BCUT2D eigenvalue weighted by Crippen LogP contribution is -2.48. The zero-order chi connectivity index (χ0) is 21.7. The summed E-state index contributed by atoms with van der Waals surface area (Å²) >= 11 is 3.53. The molecule has 0 aromatic heterocycles. The Balaban J connectivity index is 1.80. The average Bonchev–Trinajstić information content (AvgIpc) is 2.77. The minimum absolute atomic E-state index is 0.0393. The molecule has 0 heterocycles. The van der Waals surface area contributed by atoms with E-state index in [2.05, 4.69) is 21.2 Å². The van der Waals surface area contributed by atoms with E-state index in [1.807, 2.05) is 30.3 Å². The molecule has 3 aromatic rings. The summed E-state index contributed by atoms with van der Waals surface area (Å²) in [6.07, 6.45) is 0. The third-order valence-corrected chi connectivity index (χ3v) is 5.71. The largest absolute Gasteiger partial charge is 0.483 e. The van der Waals surface area contributed by atoms with Crippen LogP contribution in [0.3, 0.4) is 0 Å². The summed E-state index contributed by atoms with van der Waals surface area (Å²) < 4.78 is 20.6. The van der Waals surface area contributed by atoms with Crippen LogP contribution >= 0.6 is 15.9 Å². The van der Waals surface area contributed by atoms with E-state index in [-0.39, 0.29) is 19.1 Å². The van der Waals surface area contributed by atoms with Crippen LogP contribution in [0.4, 0.5) is 4.39 Å². The minimum Gasteiger partial charge on any atom is -0.483 e. The number of ether oxygens (including phenoxy) is 1. The Morgan fingerprint density at radius 1 is 1.10 bits per heavy atom. The number of benzene rings is 3. The van der Waals surface area contributed by atoms with E-state index in [9.17, 15) is 14.0 Å². The van der Waals surface area contributed by atoms with Crippen LogP contribution in [-0.4, -0.2) is 36.4 Å². The van der Waals surface area contributed by atoms with Gasteiger partial charge in [-0.25, -0.2) is 4.39 Å². The Kier molecular flexibility index (Phi) is 7.05. The van der Waals surface area contributed by atoms with Crippen LogP contribution in [0.1, 0.15) is 12.5 Å². The maximum absolute atomic E-state index is 14.1. The molecule has 7 heteroatoms. The van der Waals surface area contributed by atoms with Crippen molar-refractivity contribution in [2.45, 2.75) is 19.5 Å². The first-order valence-electron chi connectivity index (χ1n) is 9.47. The fourth-order valence-electron chi connectivity index (χ4n) is 3.15. The number of fused-ring (bicyclic) bond motifs is 1. The SMILES string of the molecule is CNC(=O)[C@H](C)N(Cc1ccccc1F)C(=O)COc1ccc2ccccc2c1Br. The number of carbonyl (C=O) groups excluding carboxylic acids is 2. The van der Waals surface area contributed by atoms with Crippen molar-refractivity contribution in [1.82, 2.24) is 10.2 Å². The van der Waals surface area contributed by atoms with E-state index >= 15 is 0 Å². The second kappa shape index (κ2) is 9.71. The third-order valence-electron chi connectivity index (χ3n) is 4.89. The normalized spacial score (nSPS) is 11.7. The summed E-state index contributed by atoms with van der Waals surface area (Å²) in [5, 5.41) is 4.53. The van der Waals surface area contributed by atoms with Gasteiger partial charge in [0.1, 0.15) is 17.6 Å². The lowest BCUT2D eigenvalue weighted by atomic mass is 10.1. The Bertz CT molecular complexity index is 1070. The molecule has 0 aliphatic rings. The number of halogens is 2. The van der Waals surface area contributed by atoms with Gasteiger partial charge in [-0.2, -0.15) is 0 Å². The van der Waals surface area contributed by atoms with Gasteiger partial charge in [-0.3, -0.25) is 9.59 Å². The molecule has 156 valence electrons. The number of hydrogen-bond donors (Lipinski definition) is 1. The molecule has 0 radical (unpaired) electrons. The number of rotatable bonds is 7. The summed E-state index contributed by atoms with van der Waals surface area (Å²) in [4.78, 5) is 26.4. The highest BCUT2D eigenvalue weighted by Crippen LogP contribution is 2.33. The van der Waals surface area contributed by atoms with Gasteiger partial charge in [-0.1, -0.05) is 48.5 Å². The van der Waals surface area contributed by atoms with Crippen molar-refractivity contribution in [3.8, 4) is 5.75 Å². The molecule has 3 rings (SSSR count). The molecule has 2 amide bonds. The van der Waals surface area contributed by atoms with Gasteiger partial charge in [-0.15, -0.1) is 0 Å². The number of amides is 2. The van der Waals surface area contributed by atoms with Crippen molar-refractivity contribution < 1.29 is 18.7 Å². The highest BCUT2D eigenvalue weighted by molar-refractivity contribution is 9.10. The summed E-state index contributed by atoms with van der Waals surface area (Å²) in [5.74, 6) is -0.681. The third kappa shape index (κ3) is 4.79. The van der Waals surface area contributed by atoms with Gasteiger partial charge in [0.15, 0.2) is 6.61 Å². The lowest BCUT2D eigenvalue weighted by molar-refractivity contribution is -0.142. The molecule has 0 saturated heterocycles. The van der Waals surface area contributed by atoms with Crippen LogP contribution < -0.4 is 10.1 Å². The standard InChI is InChI=1S/C23H22BrFN2O3/c1-15(23(29)26-2)27(13-17-8-4-6-10-19(17)25)21(28)14-30-20-12-11-16-7-3-5-9-18(16)22(20)24/h3-12,15H,13-14H2,1-2H3,(H,26,29)/t15-/m0/s1. The molecular formula is C23H22BrFN2O3. The predicted octanol–water partition coefficient (Wildman–Crippen LogP) is 4.28. The van der Waals surface area contributed by atoms with E-state index in [4.69, 9.17) is 4.74 Å². The Labute approximate surface area is 183 Å². The van der Waals surface area contributed by atoms with E-state index in [1.54, 1.807) is 31.2 Å². The highest BCUT2D eigenvalue weighted by atomic mass is 79.9. The van der Waals surface area contributed by atoms with E-state index in [1.165, 1.54) is 18.0 Å². The van der Waals surface area contributed by atoms with Crippen molar-refractivity contribution in [1.29, 1.82) is 0 Å². The van der Waals surface area contributed by atoms with Crippen LogP contribution in [0.15, 0.2) is 65.1 Å². The van der Waals surface area contributed by atoms with Crippen molar-refractivity contribution in [2.24, 2.45) is 0 Å². The first kappa shape index (κ1) is 21.8. The molecule has 1 atom stereocenters. The predicted molar refractivity (Wildman–Crippen MR) is 118 cm³/mol. The topological polar surface area (TPSA) is 58.6 Å². The van der Waals surface area contributed by atoms with Gasteiger partial charge in [-0.05, 0) is 45.8 Å². The number of carbonyl (C=O) groups is 2. The Morgan fingerprint density at radius 3 is 2.53 bits per heavy atom. The van der Waals surface area contributed by atoms with Gasteiger partial charge < -0.3 is 15.0 Å². The fourth-order valence-corrected chi connectivity index (χ4v) is 3.76. The monoisotopic (exact) mass is 472 g/mol.